The summed E-state index contributed by atoms with van der Waals surface area (Å²) in [6.07, 6.45) is 3.03. The molecule has 0 aromatic carbocycles. The molecule has 1 N–H and O–H groups in total. The first-order chi connectivity index (χ1) is 7.09. The smallest absolute Gasteiger partial charge is 0.230 e. The van der Waals surface area contributed by atoms with Crippen LogP contribution in [0.5, 0.6) is 0 Å². The summed E-state index contributed by atoms with van der Waals surface area (Å²) in [5, 5.41) is 2.83. The number of amides is 1. The molecule has 4 heteroatoms. The maximum atomic E-state index is 11.7. The zero-order chi connectivity index (χ0) is 10.9. The monoisotopic (exact) mass is 206 g/mol. The van der Waals surface area contributed by atoms with Crippen molar-refractivity contribution >= 4 is 5.91 Å². The topological polar surface area (TPSA) is 51.2 Å². The van der Waals surface area contributed by atoms with Gasteiger partial charge in [0.1, 0.15) is 0 Å². The quantitative estimate of drug-likeness (QED) is 0.752. The summed E-state index contributed by atoms with van der Waals surface area (Å²) in [5.41, 5.74) is 0.484. The summed E-state index contributed by atoms with van der Waals surface area (Å²) in [7, 11) is 0. The Morgan fingerprint density at radius 1 is 1.47 bits per heavy atom. The summed E-state index contributed by atoms with van der Waals surface area (Å²) in [5.74, 6) is 0.0237. The minimum atomic E-state index is -0.441. The van der Waals surface area contributed by atoms with Gasteiger partial charge in [0.2, 0.25) is 5.91 Å². The minimum Gasteiger partial charge on any atom is -0.353 e. The Bertz CT molecular complexity index is 362. The van der Waals surface area contributed by atoms with E-state index in [1.54, 1.807) is 12.4 Å². The molecule has 80 valence electrons. The van der Waals surface area contributed by atoms with Gasteiger partial charge < -0.3 is 10.1 Å². The first kappa shape index (κ1) is 10.1. The van der Waals surface area contributed by atoms with E-state index in [2.05, 4.69) is 10.3 Å². The van der Waals surface area contributed by atoms with Crippen LogP contribution >= 0.6 is 0 Å². The van der Waals surface area contributed by atoms with Gasteiger partial charge in [0.15, 0.2) is 6.23 Å². The summed E-state index contributed by atoms with van der Waals surface area (Å²) >= 11 is 0. The summed E-state index contributed by atoms with van der Waals surface area (Å²) in [6, 6.07) is 3.67. The average Bonchev–Trinajstić information content (AvgIpc) is 2.23. The van der Waals surface area contributed by atoms with Crippen molar-refractivity contribution in [2.24, 2.45) is 5.41 Å². The lowest BCUT2D eigenvalue weighted by Crippen LogP contribution is -2.48. The highest BCUT2D eigenvalue weighted by molar-refractivity contribution is 5.82. The molecule has 1 saturated heterocycles. The molecule has 0 saturated carbocycles. The standard InChI is InChI=1S/C11H14N2O2/c1-11(2)7-15-9(13-10(11)14)8-3-5-12-6-4-8/h3-6,9H,7H2,1-2H3,(H,13,14). The highest BCUT2D eigenvalue weighted by Crippen LogP contribution is 2.26. The predicted molar refractivity (Wildman–Crippen MR) is 54.9 cm³/mol. The molecule has 1 aromatic heterocycles. The molecule has 0 radical (unpaired) electrons. The third-order valence-corrected chi connectivity index (χ3v) is 2.50. The van der Waals surface area contributed by atoms with Crippen molar-refractivity contribution in [3.63, 3.8) is 0 Å². The third kappa shape index (κ3) is 1.99. The van der Waals surface area contributed by atoms with Crippen molar-refractivity contribution in [1.29, 1.82) is 0 Å². The predicted octanol–water partition coefficient (Wildman–Crippen LogP) is 1.25. The van der Waals surface area contributed by atoms with Crippen molar-refractivity contribution in [1.82, 2.24) is 10.3 Å². The van der Waals surface area contributed by atoms with Crippen LogP contribution in [0.4, 0.5) is 0 Å². The van der Waals surface area contributed by atoms with Gasteiger partial charge in [-0.2, -0.15) is 0 Å². The third-order valence-electron chi connectivity index (χ3n) is 2.50. The van der Waals surface area contributed by atoms with E-state index in [0.717, 1.165) is 5.56 Å². The van der Waals surface area contributed by atoms with E-state index in [-0.39, 0.29) is 12.1 Å². The molecule has 1 aliphatic heterocycles. The molecular weight excluding hydrogens is 192 g/mol. The maximum Gasteiger partial charge on any atom is 0.230 e. The normalized spacial score (nSPS) is 24.7. The lowest BCUT2D eigenvalue weighted by molar-refractivity contribution is -0.150. The number of pyridine rings is 1. The minimum absolute atomic E-state index is 0.0237. The van der Waals surface area contributed by atoms with E-state index < -0.39 is 5.41 Å². The second-order valence-electron chi connectivity index (χ2n) is 4.33. The van der Waals surface area contributed by atoms with Crippen LogP contribution in [-0.4, -0.2) is 17.5 Å². The second-order valence-corrected chi connectivity index (χ2v) is 4.33. The Hall–Kier alpha value is -1.42. The lowest BCUT2D eigenvalue weighted by atomic mass is 9.92. The molecule has 2 rings (SSSR count). The zero-order valence-corrected chi connectivity index (χ0v) is 8.86. The van der Waals surface area contributed by atoms with E-state index >= 15 is 0 Å². The highest BCUT2D eigenvalue weighted by Gasteiger charge is 2.35. The first-order valence-corrected chi connectivity index (χ1v) is 4.92. The molecule has 1 atom stereocenters. The lowest BCUT2D eigenvalue weighted by Gasteiger charge is -2.34. The fourth-order valence-electron chi connectivity index (χ4n) is 1.43. The molecule has 2 heterocycles. The number of ether oxygens (including phenoxy) is 1. The van der Waals surface area contributed by atoms with Crippen molar-refractivity contribution in [2.75, 3.05) is 6.61 Å². The molecule has 1 unspecified atom stereocenters. The van der Waals surface area contributed by atoms with Crippen LogP contribution in [0.3, 0.4) is 0 Å². The van der Waals surface area contributed by atoms with E-state index in [0.29, 0.717) is 6.61 Å². The van der Waals surface area contributed by atoms with Gasteiger partial charge in [-0.25, -0.2) is 0 Å². The molecule has 15 heavy (non-hydrogen) atoms. The number of nitrogens with one attached hydrogen (secondary N) is 1. The van der Waals surface area contributed by atoms with Crippen LogP contribution < -0.4 is 5.32 Å². The summed E-state index contributed by atoms with van der Waals surface area (Å²) < 4.78 is 5.59. The van der Waals surface area contributed by atoms with Gasteiger partial charge in [-0.1, -0.05) is 0 Å². The van der Waals surface area contributed by atoms with Crippen molar-refractivity contribution < 1.29 is 9.53 Å². The molecular formula is C11H14N2O2. The second kappa shape index (κ2) is 3.62. The Kier molecular flexibility index (Phi) is 2.44. The first-order valence-electron chi connectivity index (χ1n) is 4.92. The van der Waals surface area contributed by atoms with Gasteiger partial charge in [0, 0.05) is 18.0 Å². The number of carbonyl (C=O) groups excluding carboxylic acids is 1. The van der Waals surface area contributed by atoms with E-state index in [1.807, 2.05) is 26.0 Å². The molecule has 0 aliphatic carbocycles. The Labute approximate surface area is 88.7 Å². The number of aromatic nitrogens is 1. The maximum absolute atomic E-state index is 11.7. The SMILES string of the molecule is CC1(C)COC(c2ccncc2)NC1=O. The number of hydrogen-bond acceptors (Lipinski definition) is 3. The molecule has 1 aromatic rings. The molecule has 1 fully saturated rings. The van der Waals surface area contributed by atoms with Crippen LogP contribution in [-0.2, 0) is 9.53 Å². The van der Waals surface area contributed by atoms with Crippen LogP contribution in [0.2, 0.25) is 0 Å². The Balaban J connectivity index is 2.13. The van der Waals surface area contributed by atoms with Gasteiger partial charge in [-0.15, -0.1) is 0 Å². The van der Waals surface area contributed by atoms with E-state index in [4.69, 9.17) is 4.74 Å². The van der Waals surface area contributed by atoms with Crippen molar-refractivity contribution in [2.45, 2.75) is 20.1 Å². The van der Waals surface area contributed by atoms with Crippen LogP contribution in [0.1, 0.15) is 25.6 Å². The number of hydrogen-bond donors (Lipinski definition) is 1. The van der Waals surface area contributed by atoms with Crippen LogP contribution in [0.25, 0.3) is 0 Å². The molecule has 1 amide bonds. The zero-order valence-electron chi connectivity index (χ0n) is 8.86. The Morgan fingerprint density at radius 2 is 2.13 bits per heavy atom. The van der Waals surface area contributed by atoms with Crippen molar-refractivity contribution in [3.05, 3.63) is 30.1 Å². The number of nitrogens with zero attached hydrogens (tertiary/aromatic N) is 1. The van der Waals surface area contributed by atoms with Gasteiger partial charge in [-0.3, -0.25) is 9.78 Å². The summed E-state index contributed by atoms with van der Waals surface area (Å²) in [6.45, 7) is 4.17. The van der Waals surface area contributed by atoms with Gasteiger partial charge in [0.25, 0.3) is 0 Å². The van der Waals surface area contributed by atoms with Crippen LogP contribution in [0.15, 0.2) is 24.5 Å². The molecule has 0 spiro atoms. The highest BCUT2D eigenvalue weighted by atomic mass is 16.5. The average molecular weight is 206 g/mol. The number of carbonyl (C=O) groups is 1. The van der Waals surface area contributed by atoms with E-state index in [9.17, 15) is 4.79 Å². The van der Waals surface area contributed by atoms with Crippen LogP contribution in [0, 0.1) is 5.41 Å². The molecule has 1 aliphatic rings. The number of rotatable bonds is 1. The largest absolute Gasteiger partial charge is 0.353 e. The molecule has 0 bridgehead atoms. The van der Waals surface area contributed by atoms with Gasteiger partial charge >= 0.3 is 0 Å². The van der Waals surface area contributed by atoms with Crippen molar-refractivity contribution in [3.8, 4) is 0 Å². The Morgan fingerprint density at radius 3 is 2.73 bits per heavy atom. The fourth-order valence-corrected chi connectivity index (χ4v) is 1.43. The fraction of sp³-hybridized carbons (Fsp3) is 0.455. The van der Waals surface area contributed by atoms with Gasteiger partial charge in [0.05, 0.1) is 12.0 Å². The summed E-state index contributed by atoms with van der Waals surface area (Å²) in [4.78, 5) is 15.6. The van der Waals surface area contributed by atoms with E-state index in [1.165, 1.54) is 0 Å². The molecule has 4 nitrogen and oxygen atoms in total. The van der Waals surface area contributed by atoms with Gasteiger partial charge in [-0.05, 0) is 26.0 Å².